The SMILES string of the molecule is Cn1c2c(c3cc(C(C)(C)C)ccc31)CCC(C(=O)O)C2. The summed E-state index contributed by atoms with van der Waals surface area (Å²) >= 11 is 0. The van der Waals surface area contributed by atoms with Gasteiger partial charge in [-0.1, -0.05) is 26.8 Å². The number of fused-ring (bicyclic) bond motifs is 3. The van der Waals surface area contributed by atoms with Crippen LogP contribution in [0.5, 0.6) is 0 Å². The van der Waals surface area contributed by atoms with Crippen LogP contribution in [0.25, 0.3) is 10.9 Å². The van der Waals surface area contributed by atoms with E-state index in [-0.39, 0.29) is 11.3 Å². The van der Waals surface area contributed by atoms with Gasteiger partial charge in [0, 0.05) is 30.1 Å². The van der Waals surface area contributed by atoms with Gasteiger partial charge in [-0.15, -0.1) is 0 Å². The minimum atomic E-state index is -0.665. The lowest BCUT2D eigenvalue weighted by molar-refractivity contribution is -0.142. The molecule has 3 heteroatoms. The summed E-state index contributed by atoms with van der Waals surface area (Å²) in [4.78, 5) is 11.3. The molecule has 1 N–H and O–H groups in total. The molecular formula is C18H23NO2. The van der Waals surface area contributed by atoms with E-state index in [4.69, 9.17) is 0 Å². The van der Waals surface area contributed by atoms with Gasteiger partial charge in [-0.3, -0.25) is 4.79 Å². The fraction of sp³-hybridized carbons (Fsp3) is 0.500. The Hall–Kier alpha value is -1.77. The number of carboxylic acid groups (broad SMARTS) is 1. The molecule has 0 radical (unpaired) electrons. The van der Waals surface area contributed by atoms with Crippen molar-refractivity contribution in [3.63, 3.8) is 0 Å². The highest BCUT2D eigenvalue weighted by Gasteiger charge is 2.28. The van der Waals surface area contributed by atoms with E-state index in [9.17, 15) is 9.90 Å². The lowest BCUT2D eigenvalue weighted by Crippen LogP contribution is -2.23. The maximum atomic E-state index is 11.3. The molecule has 3 rings (SSSR count). The second-order valence-corrected chi connectivity index (χ2v) is 7.24. The molecule has 0 saturated carbocycles. The molecule has 1 aromatic carbocycles. The molecule has 0 bridgehead atoms. The van der Waals surface area contributed by atoms with Crippen LogP contribution >= 0.6 is 0 Å². The van der Waals surface area contributed by atoms with Gasteiger partial charge in [-0.2, -0.15) is 0 Å². The van der Waals surface area contributed by atoms with Gasteiger partial charge in [-0.05, 0) is 41.5 Å². The van der Waals surface area contributed by atoms with Crippen molar-refractivity contribution >= 4 is 16.9 Å². The molecule has 0 spiro atoms. The molecule has 21 heavy (non-hydrogen) atoms. The van der Waals surface area contributed by atoms with E-state index in [1.165, 1.54) is 27.7 Å². The van der Waals surface area contributed by atoms with Crippen LogP contribution in [-0.2, 0) is 30.1 Å². The van der Waals surface area contributed by atoms with Crippen molar-refractivity contribution in [1.29, 1.82) is 0 Å². The van der Waals surface area contributed by atoms with Gasteiger partial charge in [-0.25, -0.2) is 0 Å². The van der Waals surface area contributed by atoms with Crippen molar-refractivity contribution in [3.8, 4) is 0 Å². The van der Waals surface area contributed by atoms with Crippen LogP contribution in [0.2, 0.25) is 0 Å². The molecule has 1 aromatic heterocycles. The Morgan fingerprint density at radius 2 is 2.05 bits per heavy atom. The number of hydrogen-bond acceptors (Lipinski definition) is 1. The van der Waals surface area contributed by atoms with Gasteiger partial charge in [0.1, 0.15) is 0 Å². The van der Waals surface area contributed by atoms with Gasteiger partial charge in [0.2, 0.25) is 0 Å². The zero-order valence-electron chi connectivity index (χ0n) is 13.2. The summed E-state index contributed by atoms with van der Waals surface area (Å²) < 4.78 is 2.19. The van der Waals surface area contributed by atoms with Gasteiger partial charge in [0.25, 0.3) is 0 Å². The average Bonchev–Trinajstić information content (AvgIpc) is 2.70. The molecular weight excluding hydrogens is 262 g/mol. The quantitative estimate of drug-likeness (QED) is 0.868. The molecule has 1 unspecified atom stereocenters. The number of nitrogens with zero attached hydrogens (tertiary/aromatic N) is 1. The van der Waals surface area contributed by atoms with Gasteiger partial charge in [0.15, 0.2) is 0 Å². The van der Waals surface area contributed by atoms with E-state index in [2.05, 4.69) is 50.6 Å². The number of benzene rings is 1. The lowest BCUT2D eigenvalue weighted by atomic mass is 9.84. The minimum absolute atomic E-state index is 0.134. The van der Waals surface area contributed by atoms with E-state index in [0.717, 1.165) is 12.8 Å². The molecule has 3 nitrogen and oxygen atoms in total. The fourth-order valence-corrected chi connectivity index (χ4v) is 3.44. The van der Waals surface area contributed by atoms with Crippen molar-refractivity contribution < 1.29 is 9.90 Å². The van der Waals surface area contributed by atoms with Crippen LogP contribution in [0, 0.1) is 5.92 Å². The lowest BCUT2D eigenvalue weighted by Gasteiger charge is -2.20. The summed E-state index contributed by atoms with van der Waals surface area (Å²) in [5.41, 5.74) is 5.25. The van der Waals surface area contributed by atoms with Crippen LogP contribution in [0.3, 0.4) is 0 Å². The van der Waals surface area contributed by atoms with Crippen molar-refractivity contribution in [3.05, 3.63) is 35.0 Å². The molecule has 0 amide bonds. The first-order valence-corrected chi connectivity index (χ1v) is 7.62. The molecule has 2 aromatic rings. The second kappa shape index (κ2) is 4.62. The number of carbonyl (C=O) groups is 1. The molecule has 112 valence electrons. The van der Waals surface area contributed by atoms with E-state index in [0.29, 0.717) is 6.42 Å². The Labute approximate surface area is 125 Å². The van der Waals surface area contributed by atoms with Gasteiger partial charge in [0.05, 0.1) is 5.92 Å². The molecule has 1 aliphatic rings. The summed E-state index contributed by atoms with van der Waals surface area (Å²) in [6.07, 6.45) is 2.28. The second-order valence-electron chi connectivity index (χ2n) is 7.24. The highest BCUT2D eigenvalue weighted by atomic mass is 16.4. The maximum absolute atomic E-state index is 11.3. The summed E-state index contributed by atoms with van der Waals surface area (Å²) in [5.74, 6) is -0.899. The third kappa shape index (κ3) is 2.25. The first kappa shape index (κ1) is 14.2. The van der Waals surface area contributed by atoms with Crippen molar-refractivity contribution in [2.24, 2.45) is 13.0 Å². The Bertz CT molecular complexity index is 719. The monoisotopic (exact) mass is 285 g/mol. The molecule has 1 atom stereocenters. The van der Waals surface area contributed by atoms with E-state index in [1.807, 2.05) is 0 Å². The smallest absolute Gasteiger partial charge is 0.306 e. The van der Waals surface area contributed by atoms with Crippen LogP contribution in [0.4, 0.5) is 0 Å². The molecule has 0 fully saturated rings. The predicted molar refractivity (Wildman–Crippen MR) is 84.8 cm³/mol. The fourth-order valence-electron chi connectivity index (χ4n) is 3.44. The number of aryl methyl sites for hydroxylation is 2. The Kier molecular flexibility index (Phi) is 3.12. The molecule has 1 heterocycles. The van der Waals surface area contributed by atoms with Gasteiger partial charge >= 0.3 is 5.97 Å². The van der Waals surface area contributed by atoms with E-state index < -0.39 is 5.97 Å². The first-order chi connectivity index (χ1) is 9.79. The van der Waals surface area contributed by atoms with Crippen molar-refractivity contribution in [2.75, 3.05) is 0 Å². The topological polar surface area (TPSA) is 42.2 Å². The minimum Gasteiger partial charge on any atom is -0.481 e. The maximum Gasteiger partial charge on any atom is 0.306 e. The number of hydrogen-bond donors (Lipinski definition) is 1. The third-order valence-electron chi connectivity index (χ3n) is 4.83. The summed E-state index contributed by atoms with van der Waals surface area (Å²) in [7, 11) is 2.06. The van der Waals surface area contributed by atoms with Crippen LogP contribution < -0.4 is 0 Å². The van der Waals surface area contributed by atoms with Gasteiger partial charge < -0.3 is 9.67 Å². The van der Waals surface area contributed by atoms with Crippen molar-refractivity contribution in [2.45, 2.75) is 45.4 Å². The number of carboxylic acids is 1. The summed E-state index contributed by atoms with van der Waals surface area (Å²) in [6.45, 7) is 6.68. The highest BCUT2D eigenvalue weighted by Crippen LogP contribution is 2.36. The summed E-state index contributed by atoms with van der Waals surface area (Å²) in [5, 5.41) is 10.6. The molecule has 0 aliphatic heterocycles. The van der Waals surface area contributed by atoms with Crippen LogP contribution in [0.15, 0.2) is 18.2 Å². The largest absolute Gasteiger partial charge is 0.481 e. The molecule has 1 aliphatic carbocycles. The zero-order chi connectivity index (χ0) is 15.4. The third-order valence-corrected chi connectivity index (χ3v) is 4.83. The zero-order valence-corrected chi connectivity index (χ0v) is 13.2. The predicted octanol–water partition coefficient (Wildman–Crippen LogP) is 3.67. The van der Waals surface area contributed by atoms with Crippen molar-refractivity contribution in [1.82, 2.24) is 4.57 Å². The Balaban J connectivity index is 2.16. The standard InChI is InChI=1S/C18H23NO2/c1-18(2,3)12-6-8-15-14(10-12)13-7-5-11(17(20)21)9-16(13)19(15)4/h6,8,10-11H,5,7,9H2,1-4H3,(H,20,21). The van der Waals surface area contributed by atoms with E-state index in [1.54, 1.807) is 0 Å². The Morgan fingerprint density at radius 3 is 2.67 bits per heavy atom. The number of rotatable bonds is 1. The summed E-state index contributed by atoms with van der Waals surface area (Å²) in [6, 6.07) is 6.68. The molecule has 0 saturated heterocycles. The number of aliphatic carboxylic acids is 1. The number of aromatic nitrogens is 1. The highest BCUT2D eigenvalue weighted by molar-refractivity contribution is 5.87. The first-order valence-electron chi connectivity index (χ1n) is 7.62. The normalized spacial score (nSPS) is 18.8. The van der Waals surface area contributed by atoms with Crippen LogP contribution in [-0.4, -0.2) is 15.6 Å². The average molecular weight is 285 g/mol. The van der Waals surface area contributed by atoms with E-state index >= 15 is 0 Å². The Morgan fingerprint density at radius 1 is 1.33 bits per heavy atom. The van der Waals surface area contributed by atoms with Crippen LogP contribution in [0.1, 0.15) is 44.0 Å².